The molecule has 0 spiro atoms. The molecule has 1 saturated heterocycles. The SMILES string of the molecule is O=C(CCn1c(=S)[nH]c2ccccc2c1=O)NCCC(=O)N1CCCCCC1. The van der Waals surface area contributed by atoms with Crippen molar-refractivity contribution in [1.29, 1.82) is 0 Å². The molecule has 3 rings (SSSR count). The average Bonchev–Trinajstić information content (AvgIpc) is 2.97. The maximum atomic E-state index is 12.6. The largest absolute Gasteiger partial charge is 0.356 e. The summed E-state index contributed by atoms with van der Waals surface area (Å²) < 4.78 is 1.70. The molecule has 0 aliphatic carbocycles. The van der Waals surface area contributed by atoms with E-state index in [1.807, 2.05) is 11.0 Å². The van der Waals surface area contributed by atoms with Crippen LogP contribution >= 0.6 is 12.2 Å². The van der Waals surface area contributed by atoms with E-state index in [9.17, 15) is 14.4 Å². The standard InChI is InChI=1S/C20H26N4O3S/c25-17(21-11-9-18(26)23-12-5-1-2-6-13-23)10-14-24-19(27)15-7-3-4-8-16(15)22-20(24)28/h3-4,7-8H,1-2,5-6,9-14H2,(H,21,25)(H,22,28). The Kier molecular flexibility index (Phi) is 6.97. The van der Waals surface area contributed by atoms with Crippen LogP contribution in [-0.2, 0) is 16.1 Å². The van der Waals surface area contributed by atoms with Gasteiger partial charge in [-0.25, -0.2) is 0 Å². The molecule has 0 radical (unpaired) electrons. The van der Waals surface area contributed by atoms with Gasteiger partial charge in [0.05, 0.1) is 10.9 Å². The number of para-hydroxylation sites is 1. The number of fused-ring (bicyclic) bond motifs is 1. The lowest BCUT2D eigenvalue weighted by Crippen LogP contribution is -2.35. The van der Waals surface area contributed by atoms with Crippen LogP contribution in [0.15, 0.2) is 29.1 Å². The van der Waals surface area contributed by atoms with Crippen LogP contribution in [0.3, 0.4) is 0 Å². The number of likely N-dealkylation sites (tertiary alicyclic amines) is 1. The molecule has 1 fully saturated rings. The molecule has 8 heteroatoms. The van der Waals surface area contributed by atoms with E-state index in [-0.39, 0.29) is 30.3 Å². The first-order chi connectivity index (χ1) is 13.6. The predicted octanol–water partition coefficient (Wildman–Crippen LogP) is 2.36. The number of carbonyl (C=O) groups excluding carboxylic acids is 2. The number of nitrogens with zero attached hydrogens (tertiary/aromatic N) is 2. The quantitative estimate of drug-likeness (QED) is 0.726. The molecule has 2 heterocycles. The number of aromatic amines is 1. The van der Waals surface area contributed by atoms with E-state index >= 15 is 0 Å². The summed E-state index contributed by atoms with van der Waals surface area (Å²) in [5.74, 6) is -0.103. The lowest BCUT2D eigenvalue weighted by molar-refractivity contribution is -0.131. The Balaban J connectivity index is 1.49. The second-order valence-electron chi connectivity index (χ2n) is 7.08. The van der Waals surface area contributed by atoms with Gasteiger partial charge in [-0.1, -0.05) is 25.0 Å². The van der Waals surface area contributed by atoms with Crippen LogP contribution in [-0.4, -0.2) is 45.9 Å². The van der Waals surface area contributed by atoms with Gasteiger partial charge < -0.3 is 15.2 Å². The Morgan fingerprint density at radius 1 is 1.07 bits per heavy atom. The van der Waals surface area contributed by atoms with Gasteiger partial charge in [0.25, 0.3) is 5.56 Å². The molecule has 0 bridgehead atoms. The zero-order valence-corrected chi connectivity index (χ0v) is 16.7. The van der Waals surface area contributed by atoms with Crippen LogP contribution in [0.5, 0.6) is 0 Å². The molecule has 0 unspecified atom stereocenters. The summed E-state index contributed by atoms with van der Waals surface area (Å²) in [5, 5.41) is 3.31. The lowest BCUT2D eigenvalue weighted by Gasteiger charge is -2.20. The Labute approximate surface area is 168 Å². The van der Waals surface area contributed by atoms with Gasteiger partial charge in [0.1, 0.15) is 0 Å². The van der Waals surface area contributed by atoms with Crippen molar-refractivity contribution in [2.24, 2.45) is 0 Å². The number of amides is 2. The highest BCUT2D eigenvalue weighted by atomic mass is 32.1. The number of aromatic nitrogens is 2. The van der Waals surface area contributed by atoms with Gasteiger partial charge in [0, 0.05) is 39.0 Å². The third-order valence-corrected chi connectivity index (χ3v) is 5.39. The molecule has 2 N–H and O–H groups in total. The zero-order chi connectivity index (χ0) is 19.9. The lowest BCUT2D eigenvalue weighted by atomic mass is 10.2. The average molecular weight is 403 g/mol. The summed E-state index contributed by atoms with van der Waals surface area (Å²) in [6, 6.07) is 7.15. The van der Waals surface area contributed by atoms with E-state index in [1.165, 1.54) is 17.4 Å². The topological polar surface area (TPSA) is 87.2 Å². The Hall–Kier alpha value is -2.48. The van der Waals surface area contributed by atoms with Crippen LogP contribution in [0.4, 0.5) is 0 Å². The van der Waals surface area contributed by atoms with Gasteiger partial charge in [-0.05, 0) is 37.2 Å². The first-order valence-electron chi connectivity index (χ1n) is 9.82. The second-order valence-corrected chi connectivity index (χ2v) is 7.46. The third-order valence-electron chi connectivity index (χ3n) is 5.07. The van der Waals surface area contributed by atoms with Crippen molar-refractivity contribution in [2.75, 3.05) is 19.6 Å². The number of benzene rings is 1. The highest BCUT2D eigenvalue weighted by molar-refractivity contribution is 7.71. The van der Waals surface area contributed by atoms with Crippen LogP contribution in [0.25, 0.3) is 10.9 Å². The Morgan fingerprint density at radius 2 is 1.79 bits per heavy atom. The molecule has 0 atom stereocenters. The smallest absolute Gasteiger partial charge is 0.262 e. The molecule has 7 nitrogen and oxygen atoms in total. The fraction of sp³-hybridized carbons (Fsp3) is 0.500. The summed E-state index contributed by atoms with van der Waals surface area (Å²) in [5.41, 5.74) is 0.480. The zero-order valence-electron chi connectivity index (χ0n) is 15.9. The van der Waals surface area contributed by atoms with Gasteiger partial charge in [-0.3, -0.25) is 19.0 Å². The normalized spacial score (nSPS) is 14.6. The van der Waals surface area contributed by atoms with Crippen molar-refractivity contribution in [3.63, 3.8) is 0 Å². The van der Waals surface area contributed by atoms with Gasteiger partial charge in [0.2, 0.25) is 11.8 Å². The highest BCUT2D eigenvalue weighted by Gasteiger charge is 2.15. The van der Waals surface area contributed by atoms with Crippen molar-refractivity contribution in [2.45, 2.75) is 45.1 Å². The van der Waals surface area contributed by atoms with Crippen LogP contribution in [0.2, 0.25) is 0 Å². The number of rotatable bonds is 6. The molecule has 1 aromatic carbocycles. The van der Waals surface area contributed by atoms with Gasteiger partial charge >= 0.3 is 0 Å². The Bertz CT molecular complexity index is 958. The predicted molar refractivity (Wildman–Crippen MR) is 111 cm³/mol. The molecule has 1 aliphatic heterocycles. The fourth-order valence-corrected chi connectivity index (χ4v) is 3.77. The van der Waals surface area contributed by atoms with Crippen molar-refractivity contribution < 1.29 is 9.59 Å². The van der Waals surface area contributed by atoms with Crippen molar-refractivity contribution >= 4 is 34.9 Å². The first kappa shape index (κ1) is 20.3. The first-order valence-corrected chi connectivity index (χ1v) is 10.2. The van der Waals surface area contributed by atoms with Gasteiger partial charge in [-0.2, -0.15) is 0 Å². The maximum absolute atomic E-state index is 12.6. The summed E-state index contributed by atoms with van der Waals surface area (Å²) in [4.78, 5) is 41.8. The third kappa shape index (κ3) is 5.07. The maximum Gasteiger partial charge on any atom is 0.262 e. The highest BCUT2D eigenvalue weighted by Crippen LogP contribution is 2.10. The number of hydrogen-bond acceptors (Lipinski definition) is 4. The summed E-state index contributed by atoms with van der Waals surface area (Å²) in [6.07, 6.45) is 4.90. The molecule has 1 aromatic heterocycles. The van der Waals surface area contributed by atoms with Crippen molar-refractivity contribution in [3.05, 3.63) is 39.4 Å². The number of carbonyl (C=O) groups is 2. The summed E-state index contributed by atoms with van der Waals surface area (Å²) >= 11 is 5.25. The summed E-state index contributed by atoms with van der Waals surface area (Å²) in [6.45, 7) is 2.14. The van der Waals surface area contributed by atoms with Crippen molar-refractivity contribution in [1.82, 2.24) is 19.8 Å². The van der Waals surface area contributed by atoms with Crippen LogP contribution in [0, 0.1) is 4.77 Å². The van der Waals surface area contributed by atoms with Crippen LogP contribution in [0.1, 0.15) is 38.5 Å². The fourth-order valence-electron chi connectivity index (χ4n) is 3.49. The molecule has 0 saturated carbocycles. The van der Waals surface area contributed by atoms with E-state index < -0.39 is 0 Å². The minimum Gasteiger partial charge on any atom is -0.356 e. The number of H-pyrrole nitrogens is 1. The van der Waals surface area contributed by atoms with E-state index in [1.54, 1.807) is 18.2 Å². The van der Waals surface area contributed by atoms with Crippen LogP contribution < -0.4 is 10.9 Å². The number of nitrogens with one attached hydrogen (secondary N) is 2. The second kappa shape index (κ2) is 9.64. The monoisotopic (exact) mass is 402 g/mol. The van der Waals surface area contributed by atoms with Gasteiger partial charge in [0.15, 0.2) is 4.77 Å². The molecular formula is C20H26N4O3S. The van der Waals surface area contributed by atoms with Gasteiger partial charge in [-0.15, -0.1) is 0 Å². The number of hydrogen-bond donors (Lipinski definition) is 2. The molecule has 2 aromatic rings. The minimum absolute atomic E-state index is 0.0930. The van der Waals surface area contributed by atoms with E-state index in [4.69, 9.17) is 12.2 Å². The van der Waals surface area contributed by atoms with E-state index in [2.05, 4.69) is 10.3 Å². The molecular weight excluding hydrogens is 376 g/mol. The molecule has 28 heavy (non-hydrogen) atoms. The minimum atomic E-state index is -0.205. The molecule has 150 valence electrons. The van der Waals surface area contributed by atoms with E-state index in [0.717, 1.165) is 25.9 Å². The van der Waals surface area contributed by atoms with Crippen molar-refractivity contribution in [3.8, 4) is 0 Å². The van der Waals surface area contributed by atoms with E-state index in [0.29, 0.717) is 28.6 Å². The summed E-state index contributed by atoms with van der Waals surface area (Å²) in [7, 11) is 0. The molecule has 2 amide bonds. The molecule has 1 aliphatic rings. The Morgan fingerprint density at radius 3 is 2.54 bits per heavy atom.